The molecule has 3 amide bonds. The second-order valence-electron chi connectivity index (χ2n) is 7.78. The van der Waals surface area contributed by atoms with Crippen molar-refractivity contribution in [1.29, 1.82) is 0 Å². The molecule has 0 radical (unpaired) electrons. The summed E-state index contributed by atoms with van der Waals surface area (Å²) in [5.41, 5.74) is 1.49. The van der Waals surface area contributed by atoms with E-state index >= 15 is 0 Å². The van der Waals surface area contributed by atoms with Gasteiger partial charge in [-0.1, -0.05) is 60.7 Å². The number of benzene rings is 2. The van der Waals surface area contributed by atoms with Gasteiger partial charge in [0.15, 0.2) is 5.76 Å². The van der Waals surface area contributed by atoms with Crippen LogP contribution in [0.2, 0.25) is 0 Å². The van der Waals surface area contributed by atoms with Crippen LogP contribution in [0.3, 0.4) is 0 Å². The summed E-state index contributed by atoms with van der Waals surface area (Å²) < 4.78 is 10.4. The molecule has 0 bridgehead atoms. The molecule has 2 aromatic carbocycles. The molecule has 8 heteroatoms. The summed E-state index contributed by atoms with van der Waals surface area (Å²) in [5.74, 6) is -0.605. The van der Waals surface area contributed by atoms with Crippen LogP contribution in [-0.2, 0) is 22.7 Å². The molecule has 4 aromatic rings. The molecule has 2 heterocycles. The van der Waals surface area contributed by atoms with Gasteiger partial charge in [0.1, 0.15) is 11.8 Å². The molecule has 0 aliphatic heterocycles. The van der Waals surface area contributed by atoms with E-state index in [1.807, 2.05) is 48.5 Å². The van der Waals surface area contributed by atoms with Crippen LogP contribution in [-0.4, -0.2) is 29.2 Å². The topological polar surface area (TPSA) is 105 Å². The van der Waals surface area contributed by atoms with Crippen molar-refractivity contribution in [2.45, 2.75) is 19.1 Å². The minimum Gasteiger partial charge on any atom is -0.467 e. The standard InChI is InChI=1S/C27H25N3O5/c31-24(18-29-26(32)23-14-8-16-35-23)30(19-20-9-3-1-4-10-20)25(21-11-5-2-6-12-21)27(33)28-17-22-13-7-15-34-22/h1-16,25H,17-19H2,(H,28,33)(H,29,32)/t25-/m0/s1. The van der Waals surface area contributed by atoms with Crippen molar-refractivity contribution in [2.75, 3.05) is 6.54 Å². The Morgan fingerprint density at radius 3 is 2.11 bits per heavy atom. The molecule has 0 saturated heterocycles. The van der Waals surface area contributed by atoms with Gasteiger partial charge in [-0.05, 0) is 35.4 Å². The zero-order chi connectivity index (χ0) is 24.5. The van der Waals surface area contributed by atoms with Gasteiger partial charge < -0.3 is 24.4 Å². The van der Waals surface area contributed by atoms with E-state index in [4.69, 9.17) is 8.83 Å². The molecular weight excluding hydrogens is 446 g/mol. The molecule has 2 aromatic heterocycles. The van der Waals surface area contributed by atoms with Crippen LogP contribution in [0.25, 0.3) is 0 Å². The summed E-state index contributed by atoms with van der Waals surface area (Å²) in [6, 6.07) is 24.1. The van der Waals surface area contributed by atoms with Crippen molar-refractivity contribution in [3.63, 3.8) is 0 Å². The molecule has 2 N–H and O–H groups in total. The van der Waals surface area contributed by atoms with E-state index in [0.29, 0.717) is 11.3 Å². The molecule has 8 nitrogen and oxygen atoms in total. The molecule has 4 rings (SSSR count). The number of nitrogens with one attached hydrogen (secondary N) is 2. The third-order valence-corrected chi connectivity index (χ3v) is 5.35. The van der Waals surface area contributed by atoms with E-state index < -0.39 is 17.9 Å². The van der Waals surface area contributed by atoms with Crippen molar-refractivity contribution in [2.24, 2.45) is 0 Å². The lowest BCUT2D eigenvalue weighted by Crippen LogP contribution is -2.46. The maximum Gasteiger partial charge on any atom is 0.287 e. The van der Waals surface area contributed by atoms with Crippen molar-refractivity contribution < 1.29 is 23.2 Å². The van der Waals surface area contributed by atoms with Crippen molar-refractivity contribution in [3.8, 4) is 0 Å². The van der Waals surface area contributed by atoms with Crippen LogP contribution in [0, 0.1) is 0 Å². The Hall–Kier alpha value is -4.59. The van der Waals surface area contributed by atoms with Crippen LogP contribution in [0.4, 0.5) is 0 Å². The number of hydrogen-bond acceptors (Lipinski definition) is 5. The van der Waals surface area contributed by atoms with E-state index in [9.17, 15) is 14.4 Å². The van der Waals surface area contributed by atoms with E-state index in [1.54, 1.807) is 30.3 Å². The molecule has 0 unspecified atom stereocenters. The van der Waals surface area contributed by atoms with Crippen LogP contribution in [0.15, 0.2) is 106 Å². The smallest absolute Gasteiger partial charge is 0.287 e. The minimum absolute atomic E-state index is 0.100. The van der Waals surface area contributed by atoms with Crippen LogP contribution in [0.1, 0.15) is 33.5 Å². The lowest BCUT2D eigenvalue weighted by atomic mass is 10.0. The summed E-state index contributed by atoms with van der Waals surface area (Å²) >= 11 is 0. The predicted molar refractivity (Wildman–Crippen MR) is 128 cm³/mol. The highest BCUT2D eigenvalue weighted by Crippen LogP contribution is 2.24. The van der Waals surface area contributed by atoms with Crippen molar-refractivity contribution in [3.05, 3.63) is 120 Å². The zero-order valence-electron chi connectivity index (χ0n) is 18.9. The SMILES string of the molecule is O=C(NCC(=O)N(Cc1ccccc1)[C@H](C(=O)NCc1ccco1)c1ccccc1)c1ccco1. The lowest BCUT2D eigenvalue weighted by Gasteiger charge is -2.31. The third-order valence-electron chi connectivity index (χ3n) is 5.35. The van der Waals surface area contributed by atoms with Gasteiger partial charge in [-0.2, -0.15) is 0 Å². The quantitative estimate of drug-likeness (QED) is 0.367. The summed E-state index contributed by atoms with van der Waals surface area (Å²) in [6.45, 7) is 0.0446. The van der Waals surface area contributed by atoms with Crippen molar-refractivity contribution in [1.82, 2.24) is 15.5 Å². The Balaban J connectivity index is 1.60. The van der Waals surface area contributed by atoms with Gasteiger partial charge in [0.25, 0.3) is 5.91 Å². The maximum atomic E-state index is 13.5. The summed E-state index contributed by atoms with van der Waals surface area (Å²) in [4.78, 5) is 40.7. The molecule has 0 aliphatic carbocycles. The number of rotatable bonds is 10. The van der Waals surface area contributed by atoms with Gasteiger partial charge in [0.2, 0.25) is 11.8 Å². The highest BCUT2D eigenvalue weighted by molar-refractivity contribution is 5.95. The molecule has 178 valence electrons. The molecular formula is C27H25N3O5. The monoisotopic (exact) mass is 471 g/mol. The van der Waals surface area contributed by atoms with Crippen LogP contribution >= 0.6 is 0 Å². The third kappa shape index (κ3) is 6.26. The first-order valence-electron chi connectivity index (χ1n) is 11.1. The van der Waals surface area contributed by atoms with Gasteiger partial charge in [0.05, 0.1) is 25.6 Å². The van der Waals surface area contributed by atoms with Gasteiger partial charge in [-0.3, -0.25) is 14.4 Å². The highest BCUT2D eigenvalue weighted by atomic mass is 16.3. The first kappa shape index (κ1) is 23.6. The first-order chi connectivity index (χ1) is 17.1. The van der Waals surface area contributed by atoms with E-state index in [2.05, 4.69) is 10.6 Å². The fourth-order valence-electron chi connectivity index (χ4n) is 3.65. The van der Waals surface area contributed by atoms with Crippen molar-refractivity contribution >= 4 is 17.7 Å². The fourth-order valence-corrected chi connectivity index (χ4v) is 3.65. The number of carbonyl (C=O) groups excluding carboxylic acids is 3. The highest BCUT2D eigenvalue weighted by Gasteiger charge is 2.31. The number of amides is 3. The average Bonchev–Trinajstić information content (AvgIpc) is 3.62. The Labute approximate surface area is 202 Å². The Morgan fingerprint density at radius 1 is 0.771 bits per heavy atom. The van der Waals surface area contributed by atoms with Crippen LogP contribution < -0.4 is 10.6 Å². The predicted octanol–water partition coefficient (Wildman–Crippen LogP) is 3.69. The second kappa shape index (κ2) is 11.5. The van der Waals surface area contributed by atoms with E-state index in [-0.39, 0.29) is 31.3 Å². The summed E-state index contributed by atoms with van der Waals surface area (Å²) in [6.07, 6.45) is 2.91. The Morgan fingerprint density at radius 2 is 1.46 bits per heavy atom. The second-order valence-corrected chi connectivity index (χ2v) is 7.78. The Bertz CT molecular complexity index is 1220. The number of hydrogen-bond donors (Lipinski definition) is 2. The lowest BCUT2D eigenvalue weighted by molar-refractivity contribution is -0.141. The zero-order valence-corrected chi connectivity index (χ0v) is 18.9. The average molecular weight is 472 g/mol. The van der Waals surface area contributed by atoms with Gasteiger partial charge in [-0.15, -0.1) is 0 Å². The summed E-state index contributed by atoms with van der Waals surface area (Å²) in [7, 11) is 0. The fraction of sp³-hybridized carbons (Fsp3) is 0.148. The van der Waals surface area contributed by atoms with Crippen LogP contribution in [0.5, 0.6) is 0 Å². The summed E-state index contributed by atoms with van der Waals surface area (Å²) in [5, 5.41) is 5.44. The molecule has 0 aliphatic rings. The molecule has 35 heavy (non-hydrogen) atoms. The largest absolute Gasteiger partial charge is 0.467 e. The Kier molecular flexibility index (Phi) is 7.75. The van der Waals surface area contributed by atoms with E-state index in [1.165, 1.54) is 23.5 Å². The van der Waals surface area contributed by atoms with Gasteiger partial charge in [0, 0.05) is 6.54 Å². The number of nitrogens with zero attached hydrogens (tertiary/aromatic N) is 1. The van der Waals surface area contributed by atoms with E-state index in [0.717, 1.165) is 5.56 Å². The van der Waals surface area contributed by atoms with Gasteiger partial charge >= 0.3 is 0 Å². The van der Waals surface area contributed by atoms with Gasteiger partial charge in [-0.25, -0.2) is 0 Å². The minimum atomic E-state index is -0.931. The molecule has 0 fully saturated rings. The molecule has 0 saturated carbocycles. The molecule has 1 atom stereocenters. The maximum absolute atomic E-state index is 13.5. The normalized spacial score (nSPS) is 11.4. The first-order valence-corrected chi connectivity index (χ1v) is 11.1. The molecule has 0 spiro atoms. The number of carbonyl (C=O) groups is 3. The number of furan rings is 2.